The molecule has 0 saturated carbocycles. The molecule has 3 heterocycles. The maximum absolute atomic E-state index is 12.6. The first-order valence-electron chi connectivity index (χ1n) is 7.41. The fraction of sp³-hybridized carbons (Fsp3) is 0.312. The van der Waals surface area contributed by atoms with Gasteiger partial charge in [0.2, 0.25) is 0 Å². The van der Waals surface area contributed by atoms with Crippen molar-refractivity contribution in [3.8, 4) is 11.3 Å². The molecule has 23 heavy (non-hydrogen) atoms. The second-order valence-electron chi connectivity index (χ2n) is 5.75. The van der Waals surface area contributed by atoms with Crippen molar-refractivity contribution in [3.63, 3.8) is 0 Å². The first-order chi connectivity index (χ1) is 11.2. The number of hydrogen-bond donors (Lipinski definition) is 1. The Morgan fingerprint density at radius 3 is 2.87 bits per heavy atom. The molecule has 0 radical (unpaired) electrons. The van der Waals surface area contributed by atoms with Gasteiger partial charge in [0.1, 0.15) is 11.2 Å². The lowest BCUT2D eigenvalue weighted by Gasteiger charge is -2.18. The van der Waals surface area contributed by atoms with Crippen LogP contribution in [0.4, 0.5) is 4.79 Å². The fourth-order valence-corrected chi connectivity index (χ4v) is 4.27. The molecule has 0 unspecified atom stereocenters. The maximum atomic E-state index is 12.6. The number of urea groups is 1. The SMILES string of the molecule is O=C1N[C@@]2(CCSC2)C(=O)N1Cc1cc(-c2ccccc2)no1. The minimum atomic E-state index is -0.718. The van der Waals surface area contributed by atoms with Crippen LogP contribution in [-0.2, 0) is 11.3 Å². The van der Waals surface area contributed by atoms with Gasteiger partial charge >= 0.3 is 6.03 Å². The molecule has 1 aromatic carbocycles. The van der Waals surface area contributed by atoms with E-state index >= 15 is 0 Å². The Kier molecular flexibility index (Phi) is 3.37. The van der Waals surface area contributed by atoms with Gasteiger partial charge in [-0.25, -0.2) is 4.79 Å². The molecule has 7 heteroatoms. The van der Waals surface area contributed by atoms with Crippen LogP contribution in [-0.4, -0.2) is 39.0 Å². The van der Waals surface area contributed by atoms with Crippen molar-refractivity contribution in [2.24, 2.45) is 0 Å². The Balaban J connectivity index is 1.54. The number of thioether (sulfide) groups is 1. The molecule has 2 aliphatic heterocycles. The van der Waals surface area contributed by atoms with E-state index < -0.39 is 5.54 Å². The zero-order valence-corrected chi connectivity index (χ0v) is 13.1. The molecule has 1 spiro atoms. The van der Waals surface area contributed by atoms with Gasteiger partial charge in [-0.05, 0) is 12.2 Å². The quantitative estimate of drug-likeness (QED) is 0.874. The summed E-state index contributed by atoms with van der Waals surface area (Å²) in [6, 6.07) is 11.0. The molecular formula is C16H15N3O3S. The van der Waals surface area contributed by atoms with Crippen LogP contribution in [0.15, 0.2) is 40.9 Å². The number of aromatic nitrogens is 1. The second kappa shape index (κ2) is 5.42. The van der Waals surface area contributed by atoms with Crippen LogP contribution in [0.1, 0.15) is 12.2 Å². The summed E-state index contributed by atoms with van der Waals surface area (Å²) in [7, 11) is 0. The smallest absolute Gasteiger partial charge is 0.325 e. The van der Waals surface area contributed by atoms with Crippen molar-refractivity contribution < 1.29 is 14.1 Å². The van der Waals surface area contributed by atoms with Crippen LogP contribution in [0.25, 0.3) is 11.3 Å². The van der Waals surface area contributed by atoms with E-state index in [4.69, 9.17) is 4.52 Å². The number of nitrogens with one attached hydrogen (secondary N) is 1. The van der Waals surface area contributed by atoms with E-state index in [9.17, 15) is 9.59 Å². The number of carbonyl (C=O) groups is 2. The van der Waals surface area contributed by atoms with Gasteiger partial charge in [-0.15, -0.1) is 0 Å². The number of hydrogen-bond acceptors (Lipinski definition) is 5. The van der Waals surface area contributed by atoms with E-state index in [0.717, 1.165) is 11.3 Å². The Labute approximate surface area is 137 Å². The molecule has 1 atom stereocenters. The normalized spacial score (nSPS) is 23.7. The minimum Gasteiger partial charge on any atom is -0.359 e. The van der Waals surface area contributed by atoms with E-state index in [1.807, 2.05) is 30.3 Å². The molecule has 0 bridgehead atoms. The lowest BCUT2D eigenvalue weighted by Crippen LogP contribution is -2.46. The van der Waals surface area contributed by atoms with Crippen LogP contribution >= 0.6 is 11.8 Å². The molecule has 0 aliphatic carbocycles. The molecule has 118 valence electrons. The number of imide groups is 1. The zero-order valence-electron chi connectivity index (χ0n) is 12.3. The molecule has 2 aromatic rings. The highest BCUT2D eigenvalue weighted by molar-refractivity contribution is 7.99. The van der Waals surface area contributed by atoms with Crippen molar-refractivity contribution in [1.82, 2.24) is 15.4 Å². The van der Waals surface area contributed by atoms with Gasteiger partial charge in [-0.2, -0.15) is 11.8 Å². The summed E-state index contributed by atoms with van der Waals surface area (Å²) in [5.74, 6) is 1.86. The fourth-order valence-electron chi connectivity index (χ4n) is 2.94. The van der Waals surface area contributed by atoms with Gasteiger partial charge in [0.25, 0.3) is 5.91 Å². The van der Waals surface area contributed by atoms with E-state index in [0.29, 0.717) is 23.6 Å². The predicted molar refractivity (Wildman–Crippen MR) is 85.7 cm³/mol. The predicted octanol–water partition coefficient (Wildman–Crippen LogP) is 2.27. The third kappa shape index (κ3) is 2.41. The van der Waals surface area contributed by atoms with Crippen LogP contribution in [0.3, 0.4) is 0 Å². The van der Waals surface area contributed by atoms with E-state index in [1.54, 1.807) is 17.8 Å². The van der Waals surface area contributed by atoms with Crippen molar-refractivity contribution >= 4 is 23.7 Å². The Morgan fingerprint density at radius 2 is 2.13 bits per heavy atom. The van der Waals surface area contributed by atoms with Crippen LogP contribution in [0.5, 0.6) is 0 Å². The molecule has 1 N–H and O–H groups in total. The van der Waals surface area contributed by atoms with Gasteiger partial charge in [-0.3, -0.25) is 9.69 Å². The molecular weight excluding hydrogens is 314 g/mol. The molecule has 2 saturated heterocycles. The van der Waals surface area contributed by atoms with Gasteiger partial charge < -0.3 is 9.84 Å². The third-order valence-corrected chi connectivity index (χ3v) is 5.40. The molecule has 2 fully saturated rings. The Morgan fingerprint density at radius 1 is 1.30 bits per heavy atom. The van der Waals surface area contributed by atoms with Gasteiger partial charge in [-0.1, -0.05) is 35.5 Å². The summed E-state index contributed by atoms with van der Waals surface area (Å²) in [4.78, 5) is 26.0. The van der Waals surface area contributed by atoms with Crippen LogP contribution in [0.2, 0.25) is 0 Å². The third-order valence-electron chi connectivity index (χ3n) is 4.21. The number of amides is 3. The number of nitrogens with zero attached hydrogens (tertiary/aromatic N) is 2. The monoisotopic (exact) mass is 329 g/mol. The zero-order chi connectivity index (χ0) is 15.9. The van der Waals surface area contributed by atoms with E-state index in [2.05, 4.69) is 10.5 Å². The second-order valence-corrected chi connectivity index (χ2v) is 6.86. The largest absolute Gasteiger partial charge is 0.359 e. The summed E-state index contributed by atoms with van der Waals surface area (Å²) < 4.78 is 5.30. The summed E-state index contributed by atoms with van der Waals surface area (Å²) in [6.45, 7) is 0.108. The molecule has 2 aliphatic rings. The minimum absolute atomic E-state index is 0.108. The van der Waals surface area contributed by atoms with Crippen LogP contribution < -0.4 is 5.32 Å². The van der Waals surface area contributed by atoms with Gasteiger partial charge in [0, 0.05) is 17.4 Å². The van der Waals surface area contributed by atoms with Crippen molar-refractivity contribution in [3.05, 3.63) is 42.2 Å². The summed E-state index contributed by atoms with van der Waals surface area (Å²) in [6.07, 6.45) is 0.685. The average molecular weight is 329 g/mol. The highest BCUT2D eigenvalue weighted by atomic mass is 32.2. The van der Waals surface area contributed by atoms with Gasteiger partial charge in [0.05, 0.1) is 6.54 Å². The summed E-state index contributed by atoms with van der Waals surface area (Å²) >= 11 is 1.69. The first kappa shape index (κ1) is 14.3. The first-order valence-corrected chi connectivity index (χ1v) is 8.56. The van der Waals surface area contributed by atoms with Crippen LogP contribution in [0, 0.1) is 0 Å². The average Bonchev–Trinajstić information content (AvgIpc) is 3.27. The number of carbonyl (C=O) groups excluding carboxylic acids is 2. The molecule has 6 nitrogen and oxygen atoms in total. The topological polar surface area (TPSA) is 75.4 Å². The standard InChI is InChI=1S/C16H15N3O3S/c20-14-16(6-7-23-10-16)17-15(21)19(14)9-12-8-13(18-22-12)11-4-2-1-3-5-11/h1-5,8H,6-7,9-10H2,(H,17,21)/t16-/m1/s1. The van der Waals surface area contributed by atoms with E-state index in [-0.39, 0.29) is 18.5 Å². The van der Waals surface area contributed by atoms with Crippen molar-refractivity contribution in [2.75, 3.05) is 11.5 Å². The number of rotatable bonds is 3. The maximum Gasteiger partial charge on any atom is 0.325 e. The van der Waals surface area contributed by atoms with E-state index in [1.165, 1.54) is 4.90 Å². The molecule has 4 rings (SSSR count). The lowest BCUT2D eigenvalue weighted by atomic mass is 9.99. The van der Waals surface area contributed by atoms with Crippen molar-refractivity contribution in [1.29, 1.82) is 0 Å². The number of benzene rings is 1. The highest BCUT2D eigenvalue weighted by Gasteiger charge is 2.53. The Hall–Kier alpha value is -2.28. The van der Waals surface area contributed by atoms with Gasteiger partial charge in [0.15, 0.2) is 5.76 Å². The summed E-state index contributed by atoms with van der Waals surface area (Å²) in [5.41, 5.74) is 0.909. The summed E-state index contributed by atoms with van der Waals surface area (Å²) in [5, 5.41) is 6.86. The highest BCUT2D eigenvalue weighted by Crippen LogP contribution is 2.34. The lowest BCUT2D eigenvalue weighted by molar-refractivity contribution is -0.131. The van der Waals surface area contributed by atoms with Crippen molar-refractivity contribution in [2.45, 2.75) is 18.5 Å². The Bertz CT molecular complexity index is 753. The molecule has 1 aromatic heterocycles. The molecule has 3 amide bonds.